The summed E-state index contributed by atoms with van der Waals surface area (Å²) in [5.74, 6) is 2.81. The summed E-state index contributed by atoms with van der Waals surface area (Å²) < 4.78 is 22.6. The summed E-state index contributed by atoms with van der Waals surface area (Å²) in [7, 11) is 0. The Hall–Kier alpha value is -3.47. The molecule has 5 nitrogen and oxygen atoms in total. The molecular weight excluding hydrogens is 380 g/mol. The van der Waals surface area contributed by atoms with E-state index in [0.29, 0.717) is 43.5 Å². The smallest absolute Gasteiger partial charge is 0.150 e. The number of hydrogen-bond donors (Lipinski definition) is 0. The van der Waals surface area contributed by atoms with Crippen molar-refractivity contribution in [1.82, 2.24) is 0 Å². The van der Waals surface area contributed by atoms with E-state index in [0.717, 1.165) is 28.9 Å². The normalized spacial score (nSPS) is 10.3. The van der Waals surface area contributed by atoms with E-state index in [9.17, 15) is 4.79 Å². The summed E-state index contributed by atoms with van der Waals surface area (Å²) in [6.07, 6.45) is 0.785. The van der Waals surface area contributed by atoms with Gasteiger partial charge in [0, 0.05) is 11.6 Å². The van der Waals surface area contributed by atoms with Crippen molar-refractivity contribution in [2.75, 3.05) is 13.2 Å². The second-order valence-electron chi connectivity index (χ2n) is 6.59. The Bertz CT molecular complexity index is 861. The minimum absolute atomic E-state index is 0.382. The lowest BCUT2D eigenvalue weighted by molar-refractivity contribution is 0.112. The van der Waals surface area contributed by atoms with Gasteiger partial charge in [0.05, 0.1) is 13.2 Å². The van der Waals surface area contributed by atoms with E-state index < -0.39 is 0 Å². The van der Waals surface area contributed by atoms with Crippen molar-refractivity contribution in [2.24, 2.45) is 0 Å². The Morgan fingerprint density at radius 2 is 1.03 bits per heavy atom. The maximum absolute atomic E-state index is 11.3. The first-order chi connectivity index (χ1) is 14.7. The highest BCUT2D eigenvalue weighted by atomic mass is 16.5. The van der Waals surface area contributed by atoms with Crippen molar-refractivity contribution in [2.45, 2.75) is 27.1 Å². The van der Waals surface area contributed by atoms with E-state index >= 15 is 0 Å². The first kappa shape index (κ1) is 21.2. The third-order valence-corrected chi connectivity index (χ3v) is 4.32. The van der Waals surface area contributed by atoms with Crippen LogP contribution in [0.25, 0.3) is 0 Å². The van der Waals surface area contributed by atoms with Gasteiger partial charge in [-0.3, -0.25) is 4.79 Å². The molecule has 0 fully saturated rings. The lowest BCUT2D eigenvalue weighted by Crippen LogP contribution is -2.00. The summed E-state index contributed by atoms with van der Waals surface area (Å²) >= 11 is 0. The van der Waals surface area contributed by atoms with E-state index in [1.165, 1.54) is 0 Å². The van der Waals surface area contributed by atoms with Gasteiger partial charge < -0.3 is 18.9 Å². The molecule has 0 amide bonds. The number of carbonyl (C=O) groups is 1. The van der Waals surface area contributed by atoms with Crippen molar-refractivity contribution in [3.05, 3.63) is 83.4 Å². The average Bonchev–Trinajstić information content (AvgIpc) is 2.78. The molecule has 0 N–H and O–H groups in total. The molecule has 0 unspecified atom stereocenters. The molecule has 0 aliphatic carbocycles. The molecule has 0 saturated carbocycles. The zero-order chi connectivity index (χ0) is 21.2. The maximum Gasteiger partial charge on any atom is 0.150 e. The van der Waals surface area contributed by atoms with Gasteiger partial charge in [0.1, 0.15) is 42.5 Å². The van der Waals surface area contributed by atoms with Crippen LogP contribution in [0.2, 0.25) is 0 Å². The molecule has 3 aromatic rings. The van der Waals surface area contributed by atoms with Crippen LogP contribution in [-0.4, -0.2) is 19.5 Å². The number of carbonyl (C=O) groups excluding carboxylic acids is 1. The Kier molecular flexibility index (Phi) is 7.72. The van der Waals surface area contributed by atoms with Crippen molar-refractivity contribution < 1.29 is 23.7 Å². The van der Waals surface area contributed by atoms with Crippen molar-refractivity contribution in [3.8, 4) is 23.0 Å². The van der Waals surface area contributed by atoms with Gasteiger partial charge in [-0.25, -0.2) is 0 Å². The predicted octanol–water partition coefficient (Wildman–Crippen LogP) is 5.45. The highest BCUT2D eigenvalue weighted by Crippen LogP contribution is 2.25. The fourth-order valence-electron chi connectivity index (χ4n) is 2.86. The summed E-state index contributed by atoms with van der Waals surface area (Å²) in [6, 6.07) is 20.7. The Morgan fingerprint density at radius 1 is 0.600 bits per heavy atom. The first-order valence-corrected chi connectivity index (χ1v) is 9.99. The Morgan fingerprint density at radius 3 is 1.40 bits per heavy atom. The van der Waals surface area contributed by atoms with Crippen LogP contribution in [0.5, 0.6) is 23.0 Å². The highest BCUT2D eigenvalue weighted by molar-refractivity contribution is 5.76. The summed E-state index contributed by atoms with van der Waals surface area (Å²) in [5, 5.41) is 0. The number of ether oxygens (including phenoxy) is 4. The molecule has 30 heavy (non-hydrogen) atoms. The molecule has 0 aromatic heterocycles. The summed E-state index contributed by atoms with van der Waals surface area (Å²) in [4.78, 5) is 11.3. The predicted molar refractivity (Wildman–Crippen MR) is 116 cm³/mol. The molecule has 3 aromatic carbocycles. The van der Waals surface area contributed by atoms with E-state index in [2.05, 4.69) is 0 Å². The molecular formula is C25H26O5. The quantitative estimate of drug-likeness (QED) is 0.396. The van der Waals surface area contributed by atoms with Gasteiger partial charge >= 0.3 is 0 Å². The fourth-order valence-corrected chi connectivity index (χ4v) is 2.86. The Balaban J connectivity index is 1.62. The van der Waals surface area contributed by atoms with Crippen LogP contribution >= 0.6 is 0 Å². The number of aldehydes is 1. The second kappa shape index (κ2) is 10.9. The lowest BCUT2D eigenvalue weighted by Gasteiger charge is -2.12. The minimum atomic E-state index is 0.382. The Labute approximate surface area is 177 Å². The summed E-state index contributed by atoms with van der Waals surface area (Å²) in [5.41, 5.74) is 2.51. The van der Waals surface area contributed by atoms with Gasteiger partial charge in [-0.1, -0.05) is 24.3 Å². The van der Waals surface area contributed by atoms with Crippen molar-refractivity contribution in [3.63, 3.8) is 0 Å². The third kappa shape index (κ3) is 6.27. The lowest BCUT2D eigenvalue weighted by atomic mass is 10.2. The van der Waals surface area contributed by atoms with Crippen LogP contribution in [0.1, 0.15) is 35.3 Å². The van der Waals surface area contributed by atoms with E-state index in [1.807, 2.05) is 62.4 Å². The van der Waals surface area contributed by atoms with Gasteiger partial charge in [0.2, 0.25) is 0 Å². The maximum atomic E-state index is 11.3. The molecule has 3 rings (SSSR count). The van der Waals surface area contributed by atoms with Crippen molar-refractivity contribution >= 4 is 6.29 Å². The third-order valence-electron chi connectivity index (χ3n) is 4.32. The molecule has 0 aliphatic heterocycles. The van der Waals surface area contributed by atoms with Crippen LogP contribution in [0.15, 0.2) is 66.7 Å². The van der Waals surface area contributed by atoms with E-state index in [-0.39, 0.29) is 0 Å². The van der Waals surface area contributed by atoms with Crippen LogP contribution in [-0.2, 0) is 13.2 Å². The largest absolute Gasteiger partial charge is 0.494 e. The van der Waals surface area contributed by atoms with E-state index in [1.54, 1.807) is 18.2 Å². The van der Waals surface area contributed by atoms with Crippen LogP contribution in [0, 0.1) is 0 Å². The summed E-state index contributed by atoms with van der Waals surface area (Å²) in [6.45, 7) is 5.93. The monoisotopic (exact) mass is 406 g/mol. The van der Waals surface area contributed by atoms with E-state index in [4.69, 9.17) is 18.9 Å². The second-order valence-corrected chi connectivity index (χ2v) is 6.59. The van der Waals surface area contributed by atoms with Crippen molar-refractivity contribution in [1.29, 1.82) is 0 Å². The molecule has 0 bridgehead atoms. The number of hydrogen-bond acceptors (Lipinski definition) is 5. The topological polar surface area (TPSA) is 54.0 Å². The van der Waals surface area contributed by atoms with Gasteiger partial charge in [0.15, 0.2) is 0 Å². The molecule has 5 heteroatoms. The molecule has 0 spiro atoms. The molecule has 0 heterocycles. The van der Waals surface area contributed by atoms with Gasteiger partial charge in [-0.2, -0.15) is 0 Å². The van der Waals surface area contributed by atoms with Gasteiger partial charge in [-0.15, -0.1) is 0 Å². The molecule has 0 saturated heterocycles. The number of benzene rings is 3. The first-order valence-electron chi connectivity index (χ1n) is 9.99. The number of rotatable bonds is 11. The van der Waals surface area contributed by atoms with Crippen LogP contribution in [0.3, 0.4) is 0 Å². The zero-order valence-corrected chi connectivity index (χ0v) is 17.3. The zero-order valence-electron chi connectivity index (χ0n) is 17.3. The fraction of sp³-hybridized carbons (Fsp3) is 0.240. The standard InChI is InChI=1S/C25H26O5/c1-3-27-22-9-5-19(6-10-22)17-29-24-13-21(16-26)14-25(15-24)30-18-20-7-11-23(12-8-20)28-4-2/h5-16H,3-4,17-18H2,1-2H3. The minimum Gasteiger partial charge on any atom is -0.494 e. The highest BCUT2D eigenvalue weighted by Gasteiger charge is 2.05. The van der Waals surface area contributed by atoms with Crippen LogP contribution < -0.4 is 18.9 Å². The van der Waals surface area contributed by atoms with Gasteiger partial charge in [-0.05, 0) is 61.4 Å². The molecule has 0 radical (unpaired) electrons. The average molecular weight is 406 g/mol. The molecule has 0 aliphatic rings. The molecule has 0 atom stereocenters. The van der Waals surface area contributed by atoms with Crippen LogP contribution in [0.4, 0.5) is 0 Å². The SMILES string of the molecule is CCOc1ccc(COc2cc(C=O)cc(OCc3ccc(OCC)cc3)c2)cc1. The molecule has 156 valence electrons. The van der Waals surface area contributed by atoms with Gasteiger partial charge in [0.25, 0.3) is 0 Å².